The first kappa shape index (κ1) is 14.9. The van der Waals surface area contributed by atoms with Crippen molar-refractivity contribution in [1.82, 2.24) is 10.2 Å². The van der Waals surface area contributed by atoms with Crippen molar-refractivity contribution in [2.45, 2.75) is 39.3 Å². The number of hydrogen-bond acceptors (Lipinski definition) is 3. The third-order valence-electron chi connectivity index (χ3n) is 1.82. The highest BCUT2D eigenvalue weighted by Gasteiger charge is 2.18. The minimum absolute atomic E-state index is 0.0332. The van der Waals surface area contributed by atoms with Gasteiger partial charge in [0.1, 0.15) is 12.6 Å². The SMILES string of the molecule is CC(NC(=O)COC(C)(C)C)C(=O)N(C)C. The molecule has 1 N–H and O–H groups in total. The molecule has 0 rings (SSSR count). The molecule has 1 unspecified atom stereocenters. The summed E-state index contributed by atoms with van der Waals surface area (Å²) in [7, 11) is 3.30. The zero-order valence-corrected chi connectivity index (χ0v) is 11.0. The van der Waals surface area contributed by atoms with Crippen LogP contribution in [0.2, 0.25) is 0 Å². The van der Waals surface area contributed by atoms with Crippen LogP contribution in [0.15, 0.2) is 0 Å². The van der Waals surface area contributed by atoms with Gasteiger partial charge in [-0.3, -0.25) is 9.59 Å². The number of rotatable bonds is 4. The molecule has 1 atom stereocenters. The number of carbonyl (C=O) groups is 2. The minimum atomic E-state index is -0.522. The molecule has 5 heteroatoms. The van der Waals surface area contributed by atoms with Gasteiger partial charge in [0.05, 0.1) is 5.60 Å². The maximum atomic E-state index is 11.4. The summed E-state index contributed by atoms with van der Waals surface area (Å²) in [6, 6.07) is -0.522. The van der Waals surface area contributed by atoms with Crippen LogP contribution >= 0.6 is 0 Å². The first-order valence-electron chi connectivity index (χ1n) is 5.28. The summed E-state index contributed by atoms with van der Waals surface area (Å²) in [5.74, 6) is -0.415. The van der Waals surface area contributed by atoms with Crippen LogP contribution in [-0.2, 0) is 14.3 Å². The summed E-state index contributed by atoms with van der Waals surface area (Å²) >= 11 is 0. The molecule has 0 spiro atoms. The molecule has 0 aliphatic heterocycles. The Morgan fingerprint density at radius 1 is 1.31 bits per heavy atom. The third kappa shape index (κ3) is 6.40. The van der Waals surface area contributed by atoms with Crippen LogP contribution in [0.25, 0.3) is 0 Å². The standard InChI is InChI=1S/C11H22N2O3/c1-8(10(15)13(5)6)12-9(14)7-16-11(2,3)4/h8H,7H2,1-6H3,(H,12,14). The van der Waals surface area contributed by atoms with Crippen molar-refractivity contribution in [3.63, 3.8) is 0 Å². The van der Waals surface area contributed by atoms with E-state index in [0.717, 1.165) is 0 Å². The van der Waals surface area contributed by atoms with E-state index in [1.165, 1.54) is 4.90 Å². The summed E-state index contributed by atoms with van der Waals surface area (Å²) in [6.07, 6.45) is 0. The summed E-state index contributed by atoms with van der Waals surface area (Å²) in [4.78, 5) is 24.3. The van der Waals surface area contributed by atoms with Crippen molar-refractivity contribution in [3.05, 3.63) is 0 Å². The van der Waals surface area contributed by atoms with Gasteiger partial charge in [-0.05, 0) is 27.7 Å². The maximum absolute atomic E-state index is 11.4. The normalized spacial score (nSPS) is 13.1. The van der Waals surface area contributed by atoms with Gasteiger partial charge in [0.25, 0.3) is 0 Å². The summed E-state index contributed by atoms with van der Waals surface area (Å²) < 4.78 is 5.30. The van der Waals surface area contributed by atoms with Gasteiger partial charge in [-0.15, -0.1) is 0 Å². The van der Waals surface area contributed by atoms with Gasteiger partial charge in [0.15, 0.2) is 0 Å². The van der Waals surface area contributed by atoms with Crippen molar-refractivity contribution < 1.29 is 14.3 Å². The van der Waals surface area contributed by atoms with Crippen molar-refractivity contribution in [2.75, 3.05) is 20.7 Å². The average Bonchev–Trinajstić information content (AvgIpc) is 2.12. The molecule has 0 aliphatic carbocycles. The Morgan fingerprint density at radius 2 is 1.81 bits per heavy atom. The number of ether oxygens (including phenoxy) is 1. The molecule has 5 nitrogen and oxygen atoms in total. The predicted molar refractivity (Wildman–Crippen MR) is 62.0 cm³/mol. The Morgan fingerprint density at radius 3 is 2.19 bits per heavy atom. The quantitative estimate of drug-likeness (QED) is 0.760. The van der Waals surface area contributed by atoms with Crippen LogP contribution in [-0.4, -0.2) is 49.1 Å². The lowest BCUT2D eigenvalue weighted by Crippen LogP contribution is -2.46. The van der Waals surface area contributed by atoms with Gasteiger partial charge < -0.3 is 15.0 Å². The lowest BCUT2D eigenvalue weighted by molar-refractivity contribution is -0.137. The molecular weight excluding hydrogens is 208 g/mol. The highest BCUT2D eigenvalue weighted by atomic mass is 16.5. The van der Waals surface area contributed by atoms with E-state index in [0.29, 0.717) is 0 Å². The first-order valence-corrected chi connectivity index (χ1v) is 5.28. The molecule has 0 aromatic heterocycles. The van der Waals surface area contributed by atoms with Crippen molar-refractivity contribution >= 4 is 11.8 Å². The highest BCUT2D eigenvalue weighted by molar-refractivity contribution is 5.87. The molecule has 0 aromatic rings. The smallest absolute Gasteiger partial charge is 0.246 e. The van der Waals surface area contributed by atoms with Gasteiger partial charge in [-0.1, -0.05) is 0 Å². The molecule has 0 bridgehead atoms. The Labute approximate surface area is 97.1 Å². The zero-order chi connectivity index (χ0) is 12.9. The lowest BCUT2D eigenvalue weighted by atomic mass is 10.2. The number of nitrogens with one attached hydrogen (secondary N) is 1. The molecule has 0 saturated heterocycles. The highest BCUT2D eigenvalue weighted by Crippen LogP contribution is 2.05. The molecule has 2 amide bonds. The largest absolute Gasteiger partial charge is 0.366 e. The molecule has 0 aliphatic rings. The fourth-order valence-corrected chi connectivity index (χ4v) is 1.01. The fraction of sp³-hybridized carbons (Fsp3) is 0.818. The zero-order valence-electron chi connectivity index (χ0n) is 11.0. The molecule has 94 valence electrons. The predicted octanol–water partition coefficient (Wildman–Crippen LogP) is 0.394. The van der Waals surface area contributed by atoms with Crippen LogP contribution in [0.5, 0.6) is 0 Å². The van der Waals surface area contributed by atoms with E-state index in [-0.39, 0.29) is 24.0 Å². The fourth-order valence-electron chi connectivity index (χ4n) is 1.01. The van der Waals surface area contributed by atoms with E-state index in [1.807, 2.05) is 20.8 Å². The maximum Gasteiger partial charge on any atom is 0.246 e. The number of hydrogen-bond donors (Lipinski definition) is 1. The van der Waals surface area contributed by atoms with E-state index in [1.54, 1.807) is 21.0 Å². The Balaban J connectivity index is 4.02. The van der Waals surface area contributed by atoms with E-state index in [2.05, 4.69) is 5.32 Å². The minimum Gasteiger partial charge on any atom is -0.366 e. The van der Waals surface area contributed by atoms with E-state index >= 15 is 0 Å². The Kier molecular flexibility index (Phi) is 5.44. The monoisotopic (exact) mass is 230 g/mol. The van der Waals surface area contributed by atoms with Gasteiger partial charge in [0.2, 0.25) is 11.8 Å². The van der Waals surface area contributed by atoms with Crippen molar-refractivity contribution in [3.8, 4) is 0 Å². The second-order valence-electron chi connectivity index (χ2n) is 4.92. The van der Waals surface area contributed by atoms with Crippen LogP contribution in [0.3, 0.4) is 0 Å². The Hall–Kier alpha value is -1.10. The van der Waals surface area contributed by atoms with Crippen molar-refractivity contribution in [1.29, 1.82) is 0 Å². The average molecular weight is 230 g/mol. The molecule has 0 heterocycles. The summed E-state index contributed by atoms with van der Waals surface area (Å²) in [5.41, 5.74) is -0.355. The lowest BCUT2D eigenvalue weighted by Gasteiger charge is -2.21. The Bertz CT molecular complexity index is 256. The number of amides is 2. The second kappa shape index (κ2) is 5.84. The molecule has 0 fully saturated rings. The number of nitrogens with zero attached hydrogens (tertiary/aromatic N) is 1. The molecule has 0 radical (unpaired) electrons. The molecular formula is C11H22N2O3. The van der Waals surface area contributed by atoms with Gasteiger partial charge in [0, 0.05) is 14.1 Å². The molecule has 0 saturated carbocycles. The van der Waals surface area contributed by atoms with Crippen LogP contribution in [0.4, 0.5) is 0 Å². The number of likely N-dealkylation sites (N-methyl/N-ethyl adjacent to an activating group) is 1. The van der Waals surface area contributed by atoms with Gasteiger partial charge >= 0.3 is 0 Å². The van der Waals surface area contributed by atoms with Crippen LogP contribution < -0.4 is 5.32 Å². The third-order valence-corrected chi connectivity index (χ3v) is 1.82. The van der Waals surface area contributed by atoms with E-state index < -0.39 is 6.04 Å². The van der Waals surface area contributed by atoms with Crippen molar-refractivity contribution in [2.24, 2.45) is 0 Å². The summed E-state index contributed by atoms with van der Waals surface area (Å²) in [5, 5.41) is 2.58. The topological polar surface area (TPSA) is 58.6 Å². The van der Waals surface area contributed by atoms with Crippen LogP contribution in [0.1, 0.15) is 27.7 Å². The van der Waals surface area contributed by atoms with E-state index in [4.69, 9.17) is 4.74 Å². The summed E-state index contributed by atoms with van der Waals surface area (Å²) in [6.45, 7) is 7.23. The second-order valence-corrected chi connectivity index (χ2v) is 4.92. The molecule has 0 aromatic carbocycles. The van der Waals surface area contributed by atoms with Crippen LogP contribution in [0, 0.1) is 0 Å². The molecule has 16 heavy (non-hydrogen) atoms. The van der Waals surface area contributed by atoms with E-state index in [9.17, 15) is 9.59 Å². The number of carbonyl (C=O) groups excluding carboxylic acids is 2. The van der Waals surface area contributed by atoms with Gasteiger partial charge in [-0.25, -0.2) is 0 Å². The van der Waals surface area contributed by atoms with Gasteiger partial charge in [-0.2, -0.15) is 0 Å². The first-order chi connectivity index (χ1) is 7.13.